The van der Waals surface area contributed by atoms with E-state index in [-0.39, 0.29) is 66.3 Å². The molecule has 5 N–H and O–H groups in total. The van der Waals surface area contributed by atoms with Crippen LogP contribution in [0.2, 0.25) is 0 Å². The Morgan fingerprint density at radius 1 is 0.889 bits per heavy atom. The van der Waals surface area contributed by atoms with E-state index in [9.17, 15) is 39.3 Å². The van der Waals surface area contributed by atoms with Crippen LogP contribution in [0.4, 0.5) is 0 Å². The molecule has 0 radical (unpaired) electrons. The number of carboxylic acids is 1. The first-order valence-electron chi connectivity index (χ1n) is 23.8. The highest BCUT2D eigenvalue weighted by Gasteiger charge is 2.50. The van der Waals surface area contributed by atoms with Crippen LogP contribution in [0.25, 0.3) is 0 Å². The van der Waals surface area contributed by atoms with E-state index < -0.39 is 41.4 Å². The summed E-state index contributed by atoms with van der Waals surface area (Å²) < 4.78 is 11.3. The van der Waals surface area contributed by atoms with Gasteiger partial charge in [-0.2, -0.15) is 0 Å². The van der Waals surface area contributed by atoms with Crippen LogP contribution in [0.3, 0.4) is 0 Å². The smallest absolute Gasteiger partial charge is 0.326 e. The third-order valence-corrected chi connectivity index (χ3v) is 14.5. The van der Waals surface area contributed by atoms with E-state index in [0.29, 0.717) is 68.8 Å². The maximum absolute atomic E-state index is 13.7. The number of rotatable bonds is 24. The lowest BCUT2D eigenvalue weighted by molar-refractivity contribution is -0.158. The van der Waals surface area contributed by atoms with Crippen LogP contribution in [-0.4, -0.2) is 106 Å². The largest absolute Gasteiger partial charge is 0.480 e. The minimum Gasteiger partial charge on any atom is -0.480 e. The lowest BCUT2D eigenvalue weighted by Gasteiger charge is -2.43. The molecule has 1 unspecified atom stereocenters. The Labute approximate surface area is 378 Å². The van der Waals surface area contributed by atoms with Crippen LogP contribution in [0.15, 0.2) is 47.6 Å². The van der Waals surface area contributed by atoms with Crippen molar-refractivity contribution in [3.05, 3.63) is 47.6 Å². The Bertz CT molecular complexity index is 1650. The van der Waals surface area contributed by atoms with E-state index in [1.807, 2.05) is 58.1 Å². The number of carboxylic acid groups (broad SMARTS) is 1. The normalized spacial score (nSPS) is 29.2. The first-order valence-corrected chi connectivity index (χ1v) is 23.8. The Hall–Kier alpha value is -3.29. The number of hydrogen-bond acceptors (Lipinski definition) is 10. The van der Waals surface area contributed by atoms with Crippen molar-refractivity contribution in [3.63, 3.8) is 0 Å². The molecular formula is C51H82N2O10. The van der Waals surface area contributed by atoms with Gasteiger partial charge in [0.25, 0.3) is 5.91 Å². The number of hydrogen-bond donors (Lipinski definition) is 4. The molecule has 12 heteroatoms. The summed E-state index contributed by atoms with van der Waals surface area (Å²) in [6, 6.07) is -0.998. The molecule has 0 spiro atoms. The minimum absolute atomic E-state index is 0.00741. The van der Waals surface area contributed by atoms with Crippen molar-refractivity contribution in [1.29, 1.82) is 0 Å². The monoisotopic (exact) mass is 883 g/mol. The number of nitrogens with zero attached hydrogens (tertiary/aromatic N) is 1. The first kappa shape index (κ1) is 54.0. The van der Waals surface area contributed by atoms with Crippen LogP contribution >= 0.6 is 0 Å². The number of aliphatic hydroxyl groups excluding tert-OH is 2. The molecule has 0 aromatic rings. The summed E-state index contributed by atoms with van der Waals surface area (Å²) in [6.45, 7) is 13.9. The zero-order valence-electron chi connectivity index (χ0n) is 39.9. The van der Waals surface area contributed by atoms with E-state index in [0.717, 1.165) is 44.1 Å². The van der Waals surface area contributed by atoms with E-state index >= 15 is 0 Å². The number of ketones is 3. The number of carbonyl (C=O) groups is 5. The third-order valence-electron chi connectivity index (χ3n) is 14.5. The lowest BCUT2D eigenvalue weighted by atomic mass is 9.66. The zero-order chi connectivity index (χ0) is 47.0. The molecule has 0 bridgehead atoms. The van der Waals surface area contributed by atoms with Gasteiger partial charge in [0.05, 0.1) is 30.0 Å². The van der Waals surface area contributed by atoms with Crippen LogP contribution in [0.1, 0.15) is 145 Å². The Kier molecular flexibility index (Phi) is 22.3. The second kappa shape index (κ2) is 26.0. The molecule has 2 saturated carbocycles. The Morgan fingerprint density at radius 2 is 1.59 bits per heavy atom. The summed E-state index contributed by atoms with van der Waals surface area (Å²) >= 11 is 0. The summed E-state index contributed by atoms with van der Waals surface area (Å²) in [5.74, 6) is -2.22. The minimum atomic E-state index is -1.37. The molecule has 63 heavy (non-hydrogen) atoms. The Morgan fingerprint density at radius 3 is 2.25 bits per heavy atom. The van der Waals surface area contributed by atoms with Gasteiger partial charge in [0.2, 0.25) is 5.78 Å². The SMILES string of the molecule is CO[C@@H](C[C@@H]1CC[C@@H](C)C(N)(C(=O)C(=O)N2CCCC[C@H]2C(=O)O)C1)/C(C)=C/C=C/C=C/[C@@H](C)C[C@@H](C)C(=O)C[C@H](O)/C(C)=C/[C@@H](C)C(=O)CC[C@H](C)C[C@@H]1CC[C@@H](O)[C@H](OC)C1. The predicted octanol–water partition coefficient (Wildman–Crippen LogP) is 7.74. The van der Waals surface area contributed by atoms with Gasteiger partial charge in [-0.1, -0.05) is 71.1 Å². The molecular weight excluding hydrogens is 801 g/mol. The number of methoxy groups -OCH3 is 2. The number of allylic oxidation sites excluding steroid dienone is 6. The molecule has 0 aromatic heterocycles. The quantitative estimate of drug-likeness (QED) is 0.0421. The molecule has 356 valence electrons. The maximum Gasteiger partial charge on any atom is 0.326 e. The van der Waals surface area contributed by atoms with Crippen LogP contribution in [0, 0.1) is 41.4 Å². The highest BCUT2D eigenvalue weighted by atomic mass is 16.5. The number of aliphatic hydroxyl groups is 2. The molecule has 13 atom stereocenters. The topological polar surface area (TPSA) is 194 Å². The van der Waals surface area contributed by atoms with Gasteiger partial charge in [-0.3, -0.25) is 19.2 Å². The van der Waals surface area contributed by atoms with Gasteiger partial charge in [-0.15, -0.1) is 0 Å². The van der Waals surface area contributed by atoms with Crippen LogP contribution < -0.4 is 5.73 Å². The van der Waals surface area contributed by atoms with Gasteiger partial charge in [-0.25, -0.2) is 4.79 Å². The fraction of sp³-hybridized carbons (Fsp3) is 0.745. The highest BCUT2D eigenvalue weighted by Crippen LogP contribution is 2.40. The van der Waals surface area contributed by atoms with Gasteiger partial charge in [-0.05, 0) is 138 Å². The standard InChI is InChI=1S/C51H82N2O10/c1-32(25-35(4)44(56)30-45(57)37(6)27-36(5)42(54)22-18-33(2)26-39-21-23-43(55)47(28-39)63-9)15-11-10-12-16-34(3)46(62-8)29-40-20-19-38(7)51(52,31-40)48(58)49(59)53-24-14-13-17-41(53)50(60)61/h10-12,15-16,27,32-33,35-36,38-41,43,45-47,55,57H,13-14,17-26,28-31,52H2,1-9H3,(H,60,61)/b12-10+,15-11+,34-16+,37-27+/t32-,33+,35-,36-,38-,39+,40+,41+,43-,45+,46+,47-,51?/m1/s1. The van der Waals surface area contributed by atoms with Crippen LogP contribution in [-0.2, 0) is 33.4 Å². The third kappa shape index (κ3) is 16.3. The van der Waals surface area contributed by atoms with Crippen molar-refractivity contribution in [2.24, 2.45) is 47.2 Å². The average Bonchev–Trinajstić information content (AvgIpc) is 3.25. The fourth-order valence-electron chi connectivity index (χ4n) is 10.1. The second-order valence-electron chi connectivity index (χ2n) is 19.8. The van der Waals surface area contributed by atoms with Crippen molar-refractivity contribution < 1.29 is 48.8 Å². The summed E-state index contributed by atoms with van der Waals surface area (Å²) in [4.78, 5) is 66.2. The van der Waals surface area contributed by atoms with Gasteiger partial charge in [0.1, 0.15) is 17.6 Å². The molecule has 3 fully saturated rings. The average molecular weight is 883 g/mol. The predicted molar refractivity (Wildman–Crippen MR) is 247 cm³/mol. The first-order chi connectivity index (χ1) is 29.7. The fourth-order valence-corrected chi connectivity index (χ4v) is 10.1. The van der Waals surface area contributed by atoms with Gasteiger partial charge < -0.3 is 35.4 Å². The van der Waals surface area contributed by atoms with Crippen molar-refractivity contribution >= 4 is 29.2 Å². The van der Waals surface area contributed by atoms with Crippen molar-refractivity contribution in [2.45, 2.75) is 181 Å². The molecule has 2 aliphatic carbocycles. The summed E-state index contributed by atoms with van der Waals surface area (Å²) in [5, 5.41) is 30.7. The summed E-state index contributed by atoms with van der Waals surface area (Å²) in [5.41, 5.74) is 7.05. The van der Waals surface area contributed by atoms with Crippen molar-refractivity contribution in [2.75, 3.05) is 20.8 Å². The second-order valence-corrected chi connectivity index (χ2v) is 19.8. The number of carbonyl (C=O) groups excluding carboxylic acids is 4. The molecule has 1 heterocycles. The number of nitrogens with two attached hydrogens (primary N) is 1. The van der Waals surface area contributed by atoms with Crippen LogP contribution in [0.5, 0.6) is 0 Å². The van der Waals surface area contributed by atoms with Gasteiger partial charge in [0, 0.05) is 45.4 Å². The number of ether oxygens (including phenoxy) is 2. The number of aliphatic carboxylic acids is 1. The Balaban J connectivity index is 1.44. The molecule has 3 rings (SSSR count). The molecule has 1 saturated heterocycles. The molecule has 12 nitrogen and oxygen atoms in total. The summed E-state index contributed by atoms with van der Waals surface area (Å²) in [6.07, 6.45) is 19.7. The number of piperidine rings is 1. The van der Waals surface area contributed by atoms with Crippen molar-refractivity contribution in [1.82, 2.24) is 4.90 Å². The van der Waals surface area contributed by atoms with E-state index in [2.05, 4.69) is 13.8 Å². The maximum atomic E-state index is 13.7. The molecule has 1 amide bonds. The number of amides is 1. The van der Waals surface area contributed by atoms with Crippen molar-refractivity contribution in [3.8, 4) is 0 Å². The van der Waals surface area contributed by atoms with Gasteiger partial charge >= 0.3 is 5.97 Å². The number of likely N-dealkylation sites (tertiary alicyclic amines) is 1. The molecule has 0 aromatic carbocycles. The number of Topliss-reactive ketones (excluding diaryl/α,β-unsaturated/α-hetero) is 3. The highest BCUT2D eigenvalue weighted by molar-refractivity contribution is 6.40. The van der Waals surface area contributed by atoms with E-state index in [1.54, 1.807) is 27.2 Å². The van der Waals surface area contributed by atoms with E-state index in [4.69, 9.17) is 15.2 Å². The summed E-state index contributed by atoms with van der Waals surface area (Å²) in [7, 11) is 3.30. The lowest BCUT2D eigenvalue weighted by Crippen LogP contribution is -2.63. The molecule has 3 aliphatic rings. The zero-order valence-corrected chi connectivity index (χ0v) is 39.9. The van der Waals surface area contributed by atoms with Gasteiger partial charge in [0.15, 0.2) is 0 Å². The molecule has 1 aliphatic heterocycles. The van der Waals surface area contributed by atoms with E-state index in [1.165, 1.54) is 4.90 Å².